The van der Waals surface area contributed by atoms with Crippen molar-refractivity contribution in [3.05, 3.63) is 36.7 Å². The first-order valence-electron chi connectivity index (χ1n) is 4.93. The van der Waals surface area contributed by atoms with E-state index in [1.165, 1.54) is 14.0 Å². The van der Waals surface area contributed by atoms with Gasteiger partial charge in [0.1, 0.15) is 6.61 Å². The maximum Gasteiger partial charge on any atom is 0.289 e. The highest BCUT2D eigenvalue weighted by atomic mass is 79.9. The summed E-state index contributed by atoms with van der Waals surface area (Å²) < 4.78 is 5.72. The molecule has 1 aromatic rings. The van der Waals surface area contributed by atoms with Crippen LogP contribution >= 0.6 is 15.9 Å². The number of halogens is 1. The summed E-state index contributed by atoms with van der Waals surface area (Å²) >= 11 is 3.00. The van der Waals surface area contributed by atoms with Crippen LogP contribution in [0.5, 0.6) is 0 Å². The molecule has 1 aromatic heterocycles. The summed E-state index contributed by atoms with van der Waals surface area (Å²) in [7, 11) is 1.36. The van der Waals surface area contributed by atoms with Gasteiger partial charge in [0, 0.05) is 12.7 Å². The number of ether oxygens (including phenoxy) is 1. The van der Waals surface area contributed by atoms with Gasteiger partial charge in [-0.2, -0.15) is 0 Å². The minimum Gasteiger partial charge on any atom is -0.377 e. The molecule has 0 radical (unpaired) electrons. The fourth-order valence-corrected chi connectivity index (χ4v) is 1.83. The number of Topliss-reactive ketones (excluding diaryl/α,β-unsaturated/α-hetero) is 1. The summed E-state index contributed by atoms with van der Waals surface area (Å²) in [5.74, 6) is -0.343. The number of methoxy groups -OCH3 is 1. The molecule has 0 amide bonds. The van der Waals surface area contributed by atoms with Gasteiger partial charge in [-0.25, -0.2) is 0 Å². The van der Waals surface area contributed by atoms with Gasteiger partial charge in [0.05, 0.1) is 22.1 Å². The molecule has 0 aromatic carbocycles. The topological polar surface area (TPSA) is 91.4 Å². The molecule has 7 nitrogen and oxygen atoms in total. The lowest BCUT2D eigenvalue weighted by atomic mass is 10.2. The number of hydrogen-bond donors (Lipinski definition) is 0. The first-order chi connectivity index (χ1) is 8.38. The normalized spacial score (nSPS) is 10.4. The van der Waals surface area contributed by atoms with Crippen molar-refractivity contribution in [2.45, 2.75) is 13.5 Å². The highest BCUT2D eigenvalue weighted by Crippen LogP contribution is 2.22. The quantitative estimate of drug-likeness (QED) is 0.597. The molecule has 0 spiro atoms. The molecule has 0 atom stereocenters. The molecule has 18 heavy (non-hydrogen) atoms. The zero-order valence-corrected chi connectivity index (χ0v) is 11.4. The lowest BCUT2D eigenvalue weighted by Gasteiger charge is -2.07. The van der Waals surface area contributed by atoms with Gasteiger partial charge >= 0.3 is 0 Å². The highest BCUT2D eigenvalue weighted by molar-refractivity contribution is 9.10. The van der Waals surface area contributed by atoms with E-state index in [1.54, 1.807) is 0 Å². The smallest absolute Gasteiger partial charge is 0.289 e. The maximum absolute atomic E-state index is 11.8. The van der Waals surface area contributed by atoms with Crippen LogP contribution in [-0.4, -0.2) is 29.0 Å². The van der Waals surface area contributed by atoms with Crippen LogP contribution in [0.1, 0.15) is 5.56 Å². The highest BCUT2D eigenvalue weighted by Gasteiger charge is 2.19. The van der Waals surface area contributed by atoms with E-state index in [1.807, 2.05) is 0 Å². The third-order valence-electron chi connectivity index (χ3n) is 2.29. The van der Waals surface area contributed by atoms with E-state index in [4.69, 9.17) is 0 Å². The first kappa shape index (κ1) is 14.5. The molecule has 1 rings (SSSR count). The fraction of sp³-hybridized carbons (Fsp3) is 0.400. The Balaban J connectivity index is 3.25. The number of carbonyl (C=O) groups excluding carboxylic acids is 1. The Labute approximate surface area is 111 Å². The number of aromatic nitrogens is 1. The number of carbonyl (C=O) groups is 1. The number of ketones is 1. The van der Waals surface area contributed by atoms with Gasteiger partial charge in [0.25, 0.3) is 11.2 Å². The third-order valence-corrected chi connectivity index (χ3v) is 3.22. The summed E-state index contributed by atoms with van der Waals surface area (Å²) in [4.78, 5) is 33.4. The van der Waals surface area contributed by atoms with E-state index in [0.29, 0.717) is 0 Å². The molecule has 0 saturated heterocycles. The van der Waals surface area contributed by atoms with Crippen molar-refractivity contribution in [3.8, 4) is 0 Å². The van der Waals surface area contributed by atoms with Crippen molar-refractivity contribution in [2.24, 2.45) is 0 Å². The van der Waals surface area contributed by atoms with Crippen LogP contribution in [0.2, 0.25) is 0 Å². The zero-order chi connectivity index (χ0) is 13.9. The Hall–Kier alpha value is -1.54. The van der Waals surface area contributed by atoms with Crippen molar-refractivity contribution in [3.63, 3.8) is 0 Å². The Morgan fingerprint density at radius 3 is 2.72 bits per heavy atom. The molecule has 0 aliphatic heterocycles. The molecule has 0 bridgehead atoms. The van der Waals surface area contributed by atoms with Crippen molar-refractivity contribution in [1.82, 2.24) is 4.57 Å². The van der Waals surface area contributed by atoms with E-state index in [-0.39, 0.29) is 34.7 Å². The van der Waals surface area contributed by atoms with Crippen molar-refractivity contribution >= 4 is 27.4 Å². The second-order valence-corrected chi connectivity index (χ2v) is 4.41. The van der Waals surface area contributed by atoms with Gasteiger partial charge in [-0.3, -0.25) is 19.7 Å². The van der Waals surface area contributed by atoms with Crippen LogP contribution in [0.3, 0.4) is 0 Å². The predicted octanol–water partition coefficient (Wildman–Crippen LogP) is 1.04. The lowest BCUT2D eigenvalue weighted by Crippen LogP contribution is -2.27. The zero-order valence-electron chi connectivity index (χ0n) is 9.81. The SMILES string of the molecule is COCC(=O)Cn1cc([N+](=O)[O-])c(C)c(Br)c1=O. The first-order valence-corrected chi connectivity index (χ1v) is 5.72. The molecule has 0 aliphatic rings. The van der Waals surface area contributed by atoms with E-state index >= 15 is 0 Å². The van der Waals surface area contributed by atoms with Gasteiger partial charge in [-0.05, 0) is 22.9 Å². The Morgan fingerprint density at radius 2 is 2.22 bits per heavy atom. The second-order valence-electron chi connectivity index (χ2n) is 3.62. The van der Waals surface area contributed by atoms with Gasteiger partial charge in [-0.1, -0.05) is 0 Å². The fourth-order valence-electron chi connectivity index (χ4n) is 1.40. The van der Waals surface area contributed by atoms with Crippen molar-refractivity contribution in [2.75, 3.05) is 13.7 Å². The molecule has 0 N–H and O–H groups in total. The van der Waals surface area contributed by atoms with Gasteiger partial charge in [0.2, 0.25) is 0 Å². The number of pyridine rings is 1. The maximum atomic E-state index is 11.8. The van der Waals surface area contributed by atoms with Crippen LogP contribution in [0.15, 0.2) is 15.5 Å². The number of nitro groups is 1. The van der Waals surface area contributed by atoms with Crippen molar-refractivity contribution < 1.29 is 14.5 Å². The lowest BCUT2D eigenvalue weighted by molar-refractivity contribution is -0.386. The predicted molar refractivity (Wildman–Crippen MR) is 66.7 cm³/mol. The average Bonchev–Trinajstić information content (AvgIpc) is 2.30. The summed E-state index contributed by atoms with van der Waals surface area (Å²) in [5, 5.41) is 10.8. The standard InChI is InChI=1S/C10H11BrN2O5/c1-6-8(13(16)17)4-12(10(15)9(6)11)3-7(14)5-18-2/h4H,3,5H2,1-2H3. The molecule has 98 valence electrons. The minimum atomic E-state index is -0.600. The van der Waals surface area contributed by atoms with Crippen molar-refractivity contribution in [1.29, 1.82) is 0 Å². The Morgan fingerprint density at radius 1 is 1.61 bits per heavy atom. The van der Waals surface area contributed by atoms with E-state index in [0.717, 1.165) is 10.8 Å². The van der Waals surface area contributed by atoms with Crippen LogP contribution < -0.4 is 5.56 Å². The van der Waals surface area contributed by atoms with Gasteiger partial charge < -0.3 is 9.30 Å². The summed E-state index contributed by atoms with van der Waals surface area (Å²) in [6.07, 6.45) is 1.07. The van der Waals surface area contributed by atoms with Crippen LogP contribution in [0, 0.1) is 17.0 Å². The van der Waals surface area contributed by atoms with Crippen LogP contribution in [0.4, 0.5) is 5.69 Å². The third kappa shape index (κ3) is 3.02. The minimum absolute atomic E-state index is 0.0851. The Bertz CT molecular complexity index is 552. The average molecular weight is 319 g/mol. The summed E-state index contributed by atoms with van der Waals surface area (Å²) in [5.41, 5.74) is -0.463. The second kappa shape index (κ2) is 5.87. The summed E-state index contributed by atoms with van der Waals surface area (Å²) in [6.45, 7) is 1.06. The van der Waals surface area contributed by atoms with Gasteiger partial charge in [0.15, 0.2) is 5.78 Å². The molecular weight excluding hydrogens is 308 g/mol. The molecule has 0 fully saturated rings. The number of nitrogens with zero attached hydrogens (tertiary/aromatic N) is 2. The Kier molecular flexibility index (Phi) is 4.74. The van der Waals surface area contributed by atoms with Gasteiger partial charge in [-0.15, -0.1) is 0 Å². The molecule has 0 aliphatic carbocycles. The molecular formula is C10H11BrN2O5. The molecule has 0 saturated carbocycles. The number of hydrogen-bond acceptors (Lipinski definition) is 5. The molecule has 1 heterocycles. The van der Waals surface area contributed by atoms with Crippen LogP contribution in [-0.2, 0) is 16.1 Å². The van der Waals surface area contributed by atoms with E-state index < -0.39 is 10.5 Å². The summed E-state index contributed by atoms with van der Waals surface area (Å²) in [6, 6.07) is 0. The monoisotopic (exact) mass is 318 g/mol. The largest absolute Gasteiger partial charge is 0.377 e. The van der Waals surface area contributed by atoms with Crippen LogP contribution in [0.25, 0.3) is 0 Å². The number of rotatable bonds is 5. The van der Waals surface area contributed by atoms with E-state index in [9.17, 15) is 19.7 Å². The molecule has 8 heteroatoms. The molecule has 0 unspecified atom stereocenters. The van der Waals surface area contributed by atoms with E-state index in [2.05, 4.69) is 20.7 Å².